The molecule has 0 atom stereocenters. The molecule has 0 unspecified atom stereocenters. The van der Waals surface area contributed by atoms with Gasteiger partial charge in [0.05, 0.1) is 6.10 Å². The molecule has 0 saturated carbocycles. The van der Waals surface area contributed by atoms with E-state index in [1.807, 2.05) is 23.1 Å². The highest BCUT2D eigenvalue weighted by atomic mass is 16.3. The molecule has 0 aliphatic carbocycles. The minimum atomic E-state index is -0.146. The largest absolute Gasteiger partial charge is 0.393 e. The van der Waals surface area contributed by atoms with Gasteiger partial charge in [0.15, 0.2) is 0 Å². The van der Waals surface area contributed by atoms with Crippen LogP contribution in [-0.4, -0.2) is 48.2 Å². The van der Waals surface area contributed by atoms with Crippen LogP contribution in [0.3, 0.4) is 0 Å². The monoisotopic (exact) mass is 274 g/mol. The number of nitrogens with zero attached hydrogens (tertiary/aromatic N) is 2. The van der Waals surface area contributed by atoms with Crippen molar-refractivity contribution in [3.63, 3.8) is 0 Å². The number of hydrogen-bond donors (Lipinski definition) is 1. The average molecular weight is 274 g/mol. The van der Waals surface area contributed by atoms with Crippen LogP contribution in [0.25, 0.3) is 0 Å². The summed E-state index contributed by atoms with van der Waals surface area (Å²) < 4.78 is 0. The first-order valence-corrected chi connectivity index (χ1v) is 7.53. The molecule has 2 aliphatic rings. The molecule has 1 saturated heterocycles. The first kappa shape index (κ1) is 13.6. The van der Waals surface area contributed by atoms with Crippen LogP contribution < -0.4 is 4.90 Å². The molecule has 1 aromatic carbocycles. The Balaban J connectivity index is 1.53. The van der Waals surface area contributed by atoms with Crippen molar-refractivity contribution in [2.45, 2.75) is 31.8 Å². The van der Waals surface area contributed by atoms with Crippen molar-refractivity contribution in [1.29, 1.82) is 0 Å². The van der Waals surface area contributed by atoms with Gasteiger partial charge in [0.25, 0.3) is 0 Å². The van der Waals surface area contributed by atoms with Crippen LogP contribution >= 0.6 is 0 Å². The topological polar surface area (TPSA) is 43.8 Å². The van der Waals surface area contributed by atoms with E-state index >= 15 is 0 Å². The fraction of sp³-hybridized carbons (Fsp3) is 0.562. The van der Waals surface area contributed by atoms with Gasteiger partial charge in [0.1, 0.15) is 0 Å². The number of benzene rings is 1. The van der Waals surface area contributed by atoms with Crippen molar-refractivity contribution in [3.05, 3.63) is 29.8 Å². The van der Waals surface area contributed by atoms with Gasteiger partial charge in [0.2, 0.25) is 5.91 Å². The molecule has 108 valence electrons. The number of fused-ring (bicyclic) bond motifs is 1. The summed E-state index contributed by atoms with van der Waals surface area (Å²) >= 11 is 0. The fourth-order valence-electron chi connectivity index (χ4n) is 3.13. The normalized spacial score (nSPS) is 20.1. The zero-order chi connectivity index (χ0) is 13.9. The fourth-order valence-corrected chi connectivity index (χ4v) is 3.13. The lowest BCUT2D eigenvalue weighted by Gasteiger charge is -2.29. The molecule has 0 bridgehead atoms. The smallest absolute Gasteiger partial charge is 0.228 e. The van der Waals surface area contributed by atoms with Gasteiger partial charge in [0, 0.05) is 38.3 Å². The molecule has 4 heteroatoms. The first-order valence-electron chi connectivity index (χ1n) is 7.53. The van der Waals surface area contributed by atoms with Gasteiger partial charge < -0.3 is 14.9 Å². The van der Waals surface area contributed by atoms with Crippen LogP contribution in [0.2, 0.25) is 0 Å². The minimum absolute atomic E-state index is 0.146. The molecular formula is C16H22N2O2. The van der Waals surface area contributed by atoms with Gasteiger partial charge in [-0.15, -0.1) is 0 Å². The van der Waals surface area contributed by atoms with Crippen LogP contribution in [0.5, 0.6) is 0 Å². The van der Waals surface area contributed by atoms with Crippen molar-refractivity contribution >= 4 is 11.6 Å². The van der Waals surface area contributed by atoms with E-state index in [1.54, 1.807) is 0 Å². The van der Waals surface area contributed by atoms with Crippen LogP contribution in [0.4, 0.5) is 5.69 Å². The van der Waals surface area contributed by atoms with Gasteiger partial charge in [-0.25, -0.2) is 0 Å². The summed E-state index contributed by atoms with van der Waals surface area (Å²) in [7, 11) is 0. The Bertz CT molecular complexity index is 481. The Morgan fingerprint density at radius 1 is 1.20 bits per heavy atom. The molecule has 0 radical (unpaired) electrons. The molecule has 0 aromatic heterocycles. The molecule has 0 spiro atoms. The van der Waals surface area contributed by atoms with E-state index in [0.29, 0.717) is 6.42 Å². The van der Waals surface area contributed by atoms with Crippen LogP contribution in [0, 0.1) is 0 Å². The Labute approximate surface area is 120 Å². The SMILES string of the molecule is O=C(CCN1CCC(O)CC1)N1CCc2ccccc21. The van der Waals surface area contributed by atoms with Gasteiger partial charge in [-0.1, -0.05) is 18.2 Å². The number of likely N-dealkylation sites (tertiary alicyclic amines) is 1. The molecule has 3 rings (SSSR count). The second kappa shape index (κ2) is 5.94. The van der Waals surface area contributed by atoms with E-state index in [9.17, 15) is 9.90 Å². The summed E-state index contributed by atoms with van der Waals surface area (Å²) in [5.41, 5.74) is 2.37. The van der Waals surface area contributed by atoms with Gasteiger partial charge >= 0.3 is 0 Å². The molecule has 20 heavy (non-hydrogen) atoms. The summed E-state index contributed by atoms with van der Waals surface area (Å²) in [6, 6.07) is 8.18. The highest BCUT2D eigenvalue weighted by Gasteiger charge is 2.24. The highest BCUT2D eigenvalue weighted by Crippen LogP contribution is 2.27. The number of amides is 1. The third-order valence-corrected chi connectivity index (χ3v) is 4.39. The number of para-hydroxylation sites is 1. The maximum atomic E-state index is 12.4. The summed E-state index contributed by atoms with van der Waals surface area (Å²) in [6.45, 7) is 3.44. The molecule has 1 N–H and O–H groups in total. The number of carbonyl (C=O) groups excluding carboxylic acids is 1. The van der Waals surface area contributed by atoms with Crippen molar-refractivity contribution in [1.82, 2.24) is 4.90 Å². The lowest BCUT2D eigenvalue weighted by Crippen LogP contribution is -2.39. The summed E-state index contributed by atoms with van der Waals surface area (Å²) in [4.78, 5) is 16.6. The molecule has 1 amide bonds. The lowest BCUT2D eigenvalue weighted by atomic mass is 10.1. The van der Waals surface area contributed by atoms with Gasteiger partial charge in [-0.05, 0) is 30.9 Å². The third-order valence-electron chi connectivity index (χ3n) is 4.39. The second-order valence-corrected chi connectivity index (χ2v) is 5.75. The Morgan fingerprint density at radius 3 is 2.75 bits per heavy atom. The number of rotatable bonds is 3. The lowest BCUT2D eigenvalue weighted by molar-refractivity contribution is -0.118. The summed E-state index contributed by atoms with van der Waals surface area (Å²) in [6.07, 6.45) is 3.07. The van der Waals surface area contributed by atoms with Crippen LogP contribution in [-0.2, 0) is 11.2 Å². The second-order valence-electron chi connectivity index (χ2n) is 5.75. The van der Waals surface area contributed by atoms with Crippen molar-refractivity contribution in [3.8, 4) is 0 Å². The molecule has 1 aromatic rings. The summed E-state index contributed by atoms with van der Waals surface area (Å²) in [5.74, 6) is 0.223. The third kappa shape index (κ3) is 2.86. The predicted molar refractivity (Wildman–Crippen MR) is 78.8 cm³/mol. The number of hydrogen-bond acceptors (Lipinski definition) is 3. The van der Waals surface area contributed by atoms with Crippen LogP contribution in [0.15, 0.2) is 24.3 Å². The molecular weight excluding hydrogens is 252 g/mol. The summed E-state index contributed by atoms with van der Waals surface area (Å²) in [5, 5.41) is 9.48. The molecule has 1 fully saturated rings. The first-order chi connectivity index (χ1) is 9.74. The number of piperidine rings is 1. The van der Waals surface area contributed by atoms with E-state index in [0.717, 1.165) is 51.1 Å². The minimum Gasteiger partial charge on any atom is -0.393 e. The van der Waals surface area contributed by atoms with E-state index < -0.39 is 0 Å². The van der Waals surface area contributed by atoms with Gasteiger partial charge in [-0.2, -0.15) is 0 Å². The average Bonchev–Trinajstić information content (AvgIpc) is 2.90. The highest BCUT2D eigenvalue weighted by molar-refractivity contribution is 5.95. The van der Waals surface area contributed by atoms with Gasteiger partial charge in [-0.3, -0.25) is 4.79 Å². The van der Waals surface area contributed by atoms with E-state index in [4.69, 9.17) is 0 Å². The predicted octanol–water partition coefficient (Wildman–Crippen LogP) is 1.42. The molecule has 2 heterocycles. The van der Waals surface area contributed by atoms with E-state index in [2.05, 4.69) is 11.0 Å². The Hall–Kier alpha value is -1.39. The van der Waals surface area contributed by atoms with E-state index in [-0.39, 0.29) is 12.0 Å². The number of aliphatic hydroxyl groups is 1. The van der Waals surface area contributed by atoms with Crippen LogP contribution in [0.1, 0.15) is 24.8 Å². The maximum Gasteiger partial charge on any atom is 0.228 e. The quantitative estimate of drug-likeness (QED) is 0.906. The molecule has 2 aliphatic heterocycles. The Morgan fingerprint density at radius 2 is 1.95 bits per heavy atom. The zero-order valence-corrected chi connectivity index (χ0v) is 11.8. The standard InChI is InChI=1S/C16H22N2O2/c19-14-6-9-17(10-7-14)11-8-16(20)18-12-5-13-3-1-2-4-15(13)18/h1-4,14,19H,5-12H2. The zero-order valence-electron chi connectivity index (χ0n) is 11.8. The Kier molecular flexibility index (Phi) is 4.03. The van der Waals surface area contributed by atoms with Crippen molar-refractivity contribution in [2.75, 3.05) is 31.1 Å². The number of carbonyl (C=O) groups is 1. The maximum absolute atomic E-state index is 12.4. The number of anilines is 1. The molecule has 4 nitrogen and oxygen atoms in total. The van der Waals surface area contributed by atoms with E-state index in [1.165, 1.54) is 5.56 Å². The van der Waals surface area contributed by atoms with Crippen molar-refractivity contribution < 1.29 is 9.90 Å². The van der Waals surface area contributed by atoms with Crippen molar-refractivity contribution in [2.24, 2.45) is 0 Å². The number of aliphatic hydroxyl groups excluding tert-OH is 1.